The molecule has 0 aromatic heterocycles. The minimum atomic E-state index is 0. The number of carbonyl (C=O) groups is 1. The summed E-state index contributed by atoms with van der Waals surface area (Å²) in [6.07, 6.45) is 7.27. The fourth-order valence-electron chi connectivity index (χ4n) is 6.62. The lowest BCUT2D eigenvalue weighted by Gasteiger charge is -2.65. The van der Waals surface area contributed by atoms with E-state index >= 15 is 0 Å². The van der Waals surface area contributed by atoms with Crippen molar-refractivity contribution < 1.29 is 9.53 Å². The van der Waals surface area contributed by atoms with E-state index in [-0.39, 0.29) is 29.7 Å². The molecule has 148 valence electrons. The zero-order valence-electron chi connectivity index (χ0n) is 16.5. The van der Waals surface area contributed by atoms with Crippen molar-refractivity contribution in [1.82, 2.24) is 4.90 Å². The van der Waals surface area contributed by atoms with E-state index in [1.807, 2.05) is 6.92 Å². The van der Waals surface area contributed by atoms with Crippen LogP contribution in [0.3, 0.4) is 0 Å². The fraction of sp³-hybridized carbons (Fsp3) is 0.696. The van der Waals surface area contributed by atoms with Gasteiger partial charge in [-0.05, 0) is 68.4 Å². The monoisotopic (exact) mass is 389 g/mol. The van der Waals surface area contributed by atoms with Crippen LogP contribution < -0.4 is 0 Å². The topological polar surface area (TPSA) is 29.5 Å². The quantitative estimate of drug-likeness (QED) is 0.700. The number of carbonyl (C=O) groups excluding carboxylic acids is 1. The van der Waals surface area contributed by atoms with Crippen LogP contribution in [0.15, 0.2) is 24.3 Å². The molecule has 3 nitrogen and oxygen atoms in total. The van der Waals surface area contributed by atoms with E-state index in [1.54, 1.807) is 11.1 Å². The summed E-state index contributed by atoms with van der Waals surface area (Å²) in [5.74, 6) is 1.60. The highest BCUT2D eigenvalue weighted by Gasteiger charge is 2.62. The van der Waals surface area contributed by atoms with E-state index in [0.717, 1.165) is 18.8 Å². The Bertz CT molecular complexity index is 718. The number of hydrogen-bond acceptors (Lipinski definition) is 3. The largest absolute Gasteiger partial charge is 0.466 e. The summed E-state index contributed by atoms with van der Waals surface area (Å²) in [5, 5.41) is 0. The lowest BCUT2D eigenvalue weighted by Crippen LogP contribution is -2.70. The number of nitrogens with zero attached hydrogens (tertiary/aromatic N) is 1. The number of benzene rings is 1. The van der Waals surface area contributed by atoms with Crippen molar-refractivity contribution in [3.05, 3.63) is 35.4 Å². The lowest BCUT2D eigenvalue weighted by atomic mass is 9.48. The van der Waals surface area contributed by atoms with Crippen LogP contribution in [0.25, 0.3) is 0 Å². The third kappa shape index (κ3) is 2.84. The van der Waals surface area contributed by atoms with Gasteiger partial charge in [0, 0.05) is 24.0 Å². The van der Waals surface area contributed by atoms with Gasteiger partial charge in [0.2, 0.25) is 0 Å². The summed E-state index contributed by atoms with van der Waals surface area (Å²) in [5.41, 5.74) is 3.42. The van der Waals surface area contributed by atoms with Crippen molar-refractivity contribution in [2.75, 3.05) is 13.2 Å². The molecule has 0 spiro atoms. The minimum Gasteiger partial charge on any atom is -0.466 e. The van der Waals surface area contributed by atoms with Crippen molar-refractivity contribution >= 4 is 18.4 Å². The molecule has 3 aliphatic carbocycles. The SMILES string of the molecule is CCOC(=O)[C@H]1CC2C3Cc4ccccc4[C@]2(CC)CC1N3CC1CC1.Cl. The van der Waals surface area contributed by atoms with Gasteiger partial charge in [0.1, 0.15) is 0 Å². The normalized spacial score (nSPS) is 36.7. The first kappa shape index (κ1) is 19.3. The number of halogens is 1. The first-order valence-electron chi connectivity index (χ1n) is 10.7. The molecule has 0 radical (unpaired) electrons. The molecule has 2 saturated heterocycles. The van der Waals surface area contributed by atoms with Crippen LogP contribution in [-0.2, 0) is 21.4 Å². The molecule has 2 saturated carbocycles. The average Bonchev–Trinajstić information content (AvgIpc) is 3.48. The van der Waals surface area contributed by atoms with E-state index in [9.17, 15) is 4.79 Å². The average molecular weight is 390 g/mol. The summed E-state index contributed by atoms with van der Waals surface area (Å²) in [6, 6.07) is 10.1. The van der Waals surface area contributed by atoms with Crippen LogP contribution in [0.1, 0.15) is 57.1 Å². The molecule has 6 rings (SSSR count). The lowest BCUT2D eigenvalue weighted by molar-refractivity contribution is -0.168. The highest BCUT2D eigenvalue weighted by atomic mass is 35.5. The predicted octanol–water partition coefficient (Wildman–Crippen LogP) is 4.36. The molecule has 5 atom stereocenters. The first-order chi connectivity index (χ1) is 12.7. The molecule has 27 heavy (non-hydrogen) atoms. The maximum Gasteiger partial charge on any atom is 0.310 e. The standard InChI is InChI=1S/C23H31NO2.ClH/c1-3-23-13-21-17(22(25)26-4-2)12-19(23)20(24(21)14-15-9-10-15)11-16-7-5-6-8-18(16)23;/h5-8,15,17,19-21H,3-4,9-14H2,1-2H3;1H/t17-,19?,20?,21?,23-;/m0./s1. The number of esters is 1. The molecule has 4 fully saturated rings. The summed E-state index contributed by atoms with van der Waals surface area (Å²) in [4.78, 5) is 15.5. The summed E-state index contributed by atoms with van der Waals surface area (Å²) in [7, 11) is 0. The van der Waals surface area contributed by atoms with Crippen molar-refractivity contribution in [2.24, 2.45) is 17.8 Å². The van der Waals surface area contributed by atoms with Gasteiger partial charge < -0.3 is 4.74 Å². The first-order valence-corrected chi connectivity index (χ1v) is 10.7. The highest BCUT2D eigenvalue weighted by molar-refractivity contribution is 5.85. The molecule has 0 amide bonds. The van der Waals surface area contributed by atoms with Crippen molar-refractivity contribution in [1.29, 1.82) is 0 Å². The molecule has 1 aromatic carbocycles. The third-order valence-corrected chi connectivity index (χ3v) is 7.94. The van der Waals surface area contributed by atoms with Gasteiger partial charge in [-0.1, -0.05) is 31.2 Å². The highest BCUT2D eigenvalue weighted by Crippen LogP contribution is 2.60. The van der Waals surface area contributed by atoms with Crippen LogP contribution in [0.2, 0.25) is 0 Å². The second-order valence-electron chi connectivity index (χ2n) is 9.05. The van der Waals surface area contributed by atoms with Crippen LogP contribution in [0, 0.1) is 17.8 Å². The smallest absolute Gasteiger partial charge is 0.310 e. The van der Waals surface area contributed by atoms with Gasteiger partial charge in [-0.2, -0.15) is 0 Å². The molecule has 4 bridgehead atoms. The molecule has 2 aliphatic heterocycles. The Morgan fingerprint density at radius 1 is 1.22 bits per heavy atom. The molecule has 1 aromatic rings. The number of rotatable bonds is 5. The van der Waals surface area contributed by atoms with E-state index in [0.29, 0.717) is 24.6 Å². The van der Waals surface area contributed by atoms with E-state index in [2.05, 4.69) is 36.1 Å². The molecule has 3 unspecified atom stereocenters. The van der Waals surface area contributed by atoms with Crippen LogP contribution in [0.4, 0.5) is 0 Å². The molecular weight excluding hydrogens is 358 g/mol. The number of piperidine rings is 2. The maximum absolute atomic E-state index is 12.7. The minimum absolute atomic E-state index is 0. The van der Waals surface area contributed by atoms with Gasteiger partial charge in [0.15, 0.2) is 0 Å². The van der Waals surface area contributed by atoms with Crippen LogP contribution >= 0.6 is 12.4 Å². The molecule has 0 N–H and O–H groups in total. The maximum atomic E-state index is 12.7. The number of fused-ring (bicyclic) bond motifs is 2. The van der Waals surface area contributed by atoms with Crippen LogP contribution in [-0.4, -0.2) is 36.1 Å². The Labute approximate surface area is 169 Å². The van der Waals surface area contributed by atoms with Gasteiger partial charge in [0.05, 0.1) is 12.5 Å². The van der Waals surface area contributed by atoms with Crippen molar-refractivity contribution in [3.63, 3.8) is 0 Å². The molecular formula is C23H32ClNO2. The second-order valence-corrected chi connectivity index (χ2v) is 9.05. The van der Waals surface area contributed by atoms with Gasteiger partial charge in [-0.3, -0.25) is 9.69 Å². The fourth-order valence-corrected chi connectivity index (χ4v) is 6.62. The summed E-state index contributed by atoms with van der Waals surface area (Å²) < 4.78 is 5.50. The van der Waals surface area contributed by atoms with E-state index < -0.39 is 0 Å². The summed E-state index contributed by atoms with van der Waals surface area (Å²) >= 11 is 0. The molecule has 2 heterocycles. The number of hydrogen-bond donors (Lipinski definition) is 0. The summed E-state index contributed by atoms with van der Waals surface area (Å²) in [6.45, 7) is 5.99. The molecule has 4 heteroatoms. The Hall–Kier alpha value is -1.06. The van der Waals surface area contributed by atoms with Gasteiger partial charge in [-0.25, -0.2) is 0 Å². The van der Waals surface area contributed by atoms with Gasteiger partial charge in [0.25, 0.3) is 0 Å². The Morgan fingerprint density at radius 3 is 2.70 bits per heavy atom. The zero-order valence-corrected chi connectivity index (χ0v) is 17.3. The van der Waals surface area contributed by atoms with Crippen molar-refractivity contribution in [2.45, 2.75) is 69.9 Å². The Kier molecular flexibility index (Phi) is 5.05. The van der Waals surface area contributed by atoms with Gasteiger partial charge in [-0.15, -0.1) is 12.4 Å². The Morgan fingerprint density at radius 2 is 2.00 bits per heavy atom. The van der Waals surface area contributed by atoms with Crippen molar-refractivity contribution in [3.8, 4) is 0 Å². The second kappa shape index (κ2) is 7.08. The van der Waals surface area contributed by atoms with Crippen LogP contribution in [0.5, 0.6) is 0 Å². The number of ether oxygens (including phenoxy) is 1. The predicted molar refractivity (Wildman–Crippen MR) is 109 cm³/mol. The zero-order chi connectivity index (χ0) is 17.9. The third-order valence-electron chi connectivity index (χ3n) is 7.94. The Balaban J connectivity index is 0.00000180. The van der Waals surface area contributed by atoms with Gasteiger partial charge >= 0.3 is 5.97 Å². The van der Waals surface area contributed by atoms with E-state index in [1.165, 1.54) is 32.2 Å². The molecule has 5 aliphatic rings. The van der Waals surface area contributed by atoms with E-state index in [4.69, 9.17) is 4.74 Å².